The van der Waals surface area contributed by atoms with E-state index >= 15 is 0 Å². The van der Waals surface area contributed by atoms with Crippen LogP contribution in [0.25, 0.3) is 11.3 Å². The van der Waals surface area contributed by atoms with Gasteiger partial charge in [-0.15, -0.1) is 0 Å². The second kappa shape index (κ2) is 3.81. The molecule has 0 spiro atoms. The zero-order valence-electron chi connectivity index (χ0n) is 9.02. The highest BCUT2D eigenvalue weighted by molar-refractivity contribution is 5.94. The van der Waals surface area contributed by atoms with Crippen molar-refractivity contribution >= 4 is 5.97 Å². The van der Waals surface area contributed by atoms with Gasteiger partial charge in [0.2, 0.25) is 0 Å². The molecule has 4 nitrogen and oxygen atoms in total. The average molecular weight is 217 g/mol. The zero-order chi connectivity index (χ0) is 11.7. The number of aryl methyl sites for hydroxylation is 1. The largest absolute Gasteiger partial charge is 0.477 e. The number of carbonyl (C=O) groups is 1. The molecule has 1 heterocycles. The molecule has 0 saturated heterocycles. The van der Waals surface area contributed by atoms with Crippen LogP contribution in [0.1, 0.15) is 21.5 Å². The minimum Gasteiger partial charge on any atom is -0.477 e. The van der Waals surface area contributed by atoms with Gasteiger partial charge in [-0.2, -0.15) is 0 Å². The van der Waals surface area contributed by atoms with E-state index < -0.39 is 5.97 Å². The van der Waals surface area contributed by atoms with Crippen molar-refractivity contribution in [3.8, 4) is 11.3 Å². The van der Waals surface area contributed by atoms with Gasteiger partial charge in [-0.05, 0) is 25.0 Å². The highest BCUT2D eigenvalue weighted by Gasteiger charge is 2.18. The van der Waals surface area contributed by atoms with E-state index in [1.165, 1.54) is 6.20 Å². The van der Waals surface area contributed by atoms with Gasteiger partial charge < -0.3 is 9.63 Å². The number of carboxylic acid groups (broad SMARTS) is 1. The van der Waals surface area contributed by atoms with Crippen LogP contribution in [0.4, 0.5) is 0 Å². The van der Waals surface area contributed by atoms with E-state index in [1.807, 2.05) is 32.0 Å². The lowest BCUT2D eigenvalue weighted by Gasteiger charge is -2.05. The van der Waals surface area contributed by atoms with Gasteiger partial charge >= 0.3 is 5.97 Å². The fraction of sp³-hybridized carbons (Fsp3) is 0.167. The second-order valence-corrected chi connectivity index (χ2v) is 3.62. The van der Waals surface area contributed by atoms with Crippen LogP contribution in [0.5, 0.6) is 0 Å². The van der Waals surface area contributed by atoms with Crippen molar-refractivity contribution in [1.29, 1.82) is 0 Å². The third kappa shape index (κ3) is 1.58. The fourth-order valence-corrected chi connectivity index (χ4v) is 1.58. The predicted octanol–water partition coefficient (Wildman–Crippen LogP) is 2.66. The molecular formula is C12H11NO3. The summed E-state index contributed by atoms with van der Waals surface area (Å²) < 4.78 is 5.02. The Hall–Kier alpha value is -2.10. The molecule has 2 rings (SSSR count). The van der Waals surface area contributed by atoms with Gasteiger partial charge in [-0.25, -0.2) is 4.79 Å². The van der Waals surface area contributed by atoms with E-state index in [0.29, 0.717) is 5.76 Å². The number of aromatic carboxylic acids is 1. The van der Waals surface area contributed by atoms with E-state index in [0.717, 1.165) is 16.7 Å². The summed E-state index contributed by atoms with van der Waals surface area (Å²) in [4.78, 5) is 11.0. The molecule has 2 aromatic rings. The number of nitrogens with zero attached hydrogens (tertiary/aromatic N) is 1. The van der Waals surface area contributed by atoms with Gasteiger partial charge in [0.15, 0.2) is 5.76 Å². The summed E-state index contributed by atoms with van der Waals surface area (Å²) in [6.07, 6.45) is 1.22. The van der Waals surface area contributed by atoms with E-state index in [1.54, 1.807) is 0 Å². The minimum absolute atomic E-state index is 0.0914. The van der Waals surface area contributed by atoms with Crippen LogP contribution in [0.15, 0.2) is 28.9 Å². The number of hydrogen-bond donors (Lipinski definition) is 1. The van der Waals surface area contributed by atoms with Crippen molar-refractivity contribution in [1.82, 2.24) is 5.16 Å². The summed E-state index contributed by atoms with van der Waals surface area (Å²) in [5.74, 6) is -0.717. The van der Waals surface area contributed by atoms with Crippen molar-refractivity contribution < 1.29 is 14.4 Å². The summed E-state index contributed by atoms with van der Waals surface area (Å²) in [6, 6.07) is 5.66. The van der Waals surface area contributed by atoms with E-state index in [-0.39, 0.29) is 5.56 Å². The molecule has 0 atom stereocenters. The Bertz CT molecular complexity index is 543. The molecule has 16 heavy (non-hydrogen) atoms. The van der Waals surface area contributed by atoms with Gasteiger partial charge in [0.25, 0.3) is 0 Å². The molecule has 0 bridgehead atoms. The SMILES string of the molecule is Cc1cccc(-c2oncc2C(=O)O)c1C. The molecule has 1 aromatic heterocycles. The maximum absolute atomic E-state index is 11.0. The zero-order valence-corrected chi connectivity index (χ0v) is 9.02. The Kier molecular flexibility index (Phi) is 2.48. The molecule has 1 N–H and O–H groups in total. The lowest BCUT2D eigenvalue weighted by molar-refractivity contribution is 0.0697. The molecular weight excluding hydrogens is 206 g/mol. The van der Waals surface area contributed by atoms with Crippen molar-refractivity contribution in [2.24, 2.45) is 0 Å². The molecule has 4 heteroatoms. The molecule has 0 aliphatic heterocycles. The number of aromatic nitrogens is 1. The Labute approximate surface area is 92.5 Å². The van der Waals surface area contributed by atoms with Crippen LogP contribution in [-0.4, -0.2) is 16.2 Å². The molecule has 0 fully saturated rings. The first-order valence-corrected chi connectivity index (χ1v) is 4.86. The molecule has 0 aliphatic rings. The lowest BCUT2D eigenvalue weighted by atomic mass is 10.00. The maximum atomic E-state index is 11.0. The normalized spacial score (nSPS) is 10.4. The van der Waals surface area contributed by atoms with Gasteiger partial charge in [0, 0.05) is 5.56 Å². The van der Waals surface area contributed by atoms with Crippen molar-refractivity contribution in [2.75, 3.05) is 0 Å². The van der Waals surface area contributed by atoms with E-state index in [2.05, 4.69) is 5.16 Å². The molecule has 1 aromatic carbocycles. The maximum Gasteiger partial charge on any atom is 0.341 e. The fourth-order valence-electron chi connectivity index (χ4n) is 1.58. The smallest absolute Gasteiger partial charge is 0.341 e. The standard InChI is InChI=1S/C12H11NO3/c1-7-4-3-5-9(8(7)2)11-10(12(14)15)6-13-16-11/h3-6H,1-2H3,(H,14,15). The monoisotopic (exact) mass is 217 g/mol. The Balaban J connectivity index is 2.63. The van der Waals surface area contributed by atoms with Crippen molar-refractivity contribution in [2.45, 2.75) is 13.8 Å². The van der Waals surface area contributed by atoms with E-state index in [9.17, 15) is 4.79 Å². The molecule has 0 unspecified atom stereocenters. The van der Waals surface area contributed by atoms with Crippen LogP contribution in [0.2, 0.25) is 0 Å². The van der Waals surface area contributed by atoms with Crippen molar-refractivity contribution in [3.63, 3.8) is 0 Å². The third-order valence-corrected chi connectivity index (χ3v) is 2.65. The van der Waals surface area contributed by atoms with Crippen LogP contribution in [0, 0.1) is 13.8 Å². The number of benzene rings is 1. The Morgan fingerprint density at radius 3 is 2.81 bits per heavy atom. The average Bonchev–Trinajstić information content (AvgIpc) is 2.70. The topological polar surface area (TPSA) is 63.3 Å². The first kappa shape index (κ1) is 10.4. The van der Waals surface area contributed by atoms with Gasteiger partial charge in [-0.1, -0.05) is 23.4 Å². The van der Waals surface area contributed by atoms with E-state index in [4.69, 9.17) is 9.63 Å². The van der Waals surface area contributed by atoms with Crippen LogP contribution >= 0.6 is 0 Å². The molecule has 0 amide bonds. The Morgan fingerprint density at radius 2 is 2.12 bits per heavy atom. The first-order chi connectivity index (χ1) is 7.61. The van der Waals surface area contributed by atoms with Crippen LogP contribution in [0.3, 0.4) is 0 Å². The number of rotatable bonds is 2. The molecule has 0 radical (unpaired) electrons. The number of hydrogen-bond acceptors (Lipinski definition) is 3. The highest BCUT2D eigenvalue weighted by atomic mass is 16.5. The molecule has 82 valence electrons. The van der Waals surface area contributed by atoms with Crippen molar-refractivity contribution in [3.05, 3.63) is 41.1 Å². The van der Waals surface area contributed by atoms with Crippen LogP contribution < -0.4 is 0 Å². The number of carboxylic acids is 1. The molecule has 0 saturated carbocycles. The highest BCUT2D eigenvalue weighted by Crippen LogP contribution is 2.28. The predicted molar refractivity (Wildman–Crippen MR) is 58.4 cm³/mol. The van der Waals surface area contributed by atoms with Crippen LogP contribution in [-0.2, 0) is 0 Å². The summed E-state index contributed by atoms with van der Waals surface area (Å²) in [6.45, 7) is 3.90. The van der Waals surface area contributed by atoms with Gasteiger partial charge in [0.05, 0.1) is 6.20 Å². The van der Waals surface area contributed by atoms with Gasteiger partial charge in [-0.3, -0.25) is 0 Å². The summed E-state index contributed by atoms with van der Waals surface area (Å²) in [7, 11) is 0. The third-order valence-electron chi connectivity index (χ3n) is 2.65. The first-order valence-electron chi connectivity index (χ1n) is 4.86. The summed E-state index contributed by atoms with van der Waals surface area (Å²) >= 11 is 0. The summed E-state index contributed by atoms with van der Waals surface area (Å²) in [5, 5.41) is 12.5. The van der Waals surface area contributed by atoms with Gasteiger partial charge in [0.1, 0.15) is 5.56 Å². The molecule has 0 aliphatic carbocycles. The lowest BCUT2D eigenvalue weighted by Crippen LogP contribution is -1.97. The summed E-state index contributed by atoms with van der Waals surface area (Å²) in [5.41, 5.74) is 2.95. The second-order valence-electron chi connectivity index (χ2n) is 3.62. The Morgan fingerprint density at radius 1 is 1.38 bits per heavy atom. The quantitative estimate of drug-likeness (QED) is 0.839. The minimum atomic E-state index is -1.03.